The van der Waals surface area contributed by atoms with Gasteiger partial charge in [-0.25, -0.2) is 8.42 Å². The molecular weight excluding hydrogens is 430 g/mol. The van der Waals surface area contributed by atoms with Gasteiger partial charge in [0.2, 0.25) is 21.8 Å². The van der Waals surface area contributed by atoms with Crippen molar-refractivity contribution in [2.24, 2.45) is 0 Å². The maximum absolute atomic E-state index is 13.2. The monoisotopic (exact) mass is 461 g/mol. The Hall–Kier alpha value is -2.91. The minimum Gasteiger partial charge on any atom is -0.495 e. The van der Waals surface area contributed by atoms with Gasteiger partial charge in [-0.05, 0) is 36.6 Å². The van der Waals surface area contributed by atoms with Crippen molar-refractivity contribution in [2.75, 3.05) is 19.0 Å². The Kier molecular flexibility index (Phi) is 9.67. The average molecular weight is 462 g/mol. The predicted molar refractivity (Wildman–Crippen MR) is 124 cm³/mol. The summed E-state index contributed by atoms with van der Waals surface area (Å²) in [5.41, 5.74) is 1.13. The van der Waals surface area contributed by atoms with Crippen LogP contribution in [0.5, 0.6) is 5.75 Å². The Labute approximate surface area is 189 Å². The van der Waals surface area contributed by atoms with E-state index in [4.69, 9.17) is 4.74 Å². The smallest absolute Gasteiger partial charge is 0.245 e. The Morgan fingerprint density at radius 1 is 1.06 bits per heavy atom. The summed E-state index contributed by atoms with van der Waals surface area (Å²) < 4.78 is 34.2. The zero-order valence-corrected chi connectivity index (χ0v) is 19.5. The van der Waals surface area contributed by atoms with Gasteiger partial charge in [-0.1, -0.05) is 50.1 Å². The number of carbonyl (C=O) groups excluding carboxylic acids is 2. The molecule has 0 bridgehead atoms. The Balaban J connectivity index is 2.31. The Morgan fingerprint density at radius 2 is 1.78 bits per heavy atom. The van der Waals surface area contributed by atoms with Gasteiger partial charge in [0.05, 0.1) is 7.11 Å². The fourth-order valence-corrected chi connectivity index (χ4v) is 4.56. The van der Waals surface area contributed by atoms with Gasteiger partial charge in [-0.3, -0.25) is 9.59 Å². The molecule has 3 N–H and O–H groups in total. The third-order valence-electron chi connectivity index (χ3n) is 4.75. The van der Waals surface area contributed by atoms with E-state index in [0.29, 0.717) is 12.2 Å². The first-order valence-electron chi connectivity index (χ1n) is 10.6. The summed E-state index contributed by atoms with van der Waals surface area (Å²) in [7, 11) is -2.79. The van der Waals surface area contributed by atoms with Crippen molar-refractivity contribution in [1.82, 2.24) is 10.0 Å². The van der Waals surface area contributed by atoms with Gasteiger partial charge in [-0.15, -0.1) is 0 Å². The normalized spacial score (nSPS) is 12.1. The van der Waals surface area contributed by atoms with Gasteiger partial charge in [0.1, 0.15) is 16.7 Å². The molecule has 2 amide bonds. The van der Waals surface area contributed by atoms with E-state index in [1.165, 1.54) is 26.2 Å². The number of nitrogens with one attached hydrogen (secondary N) is 3. The van der Waals surface area contributed by atoms with Crippen LogP contribution >= 0.6 is 0 Å². The molecule has 174 valence electrons. The van der Waals surface area contributed by atoms with Crippen molar-refractivity contribution in [3.05, 3.63) is 54.1 Å². The predicted octanol–water partition coefficient (Wildman–Crippen LogP) is 2.85. The Morgan fingerprint density at radius 3 is 2.41 bits per heavy atom. The molecule has 0 aromatic heterocycles. The highest BCUT2D eigenvalue weighted by Crippen LogP contribution is 2.27. The number of methoxy groups -OCH3 is 1. The highest BCUT2D eigenvalue weighted by molar-refractivity contribution is 7.89. The van der Waals surface area contributed by atoms with Crippen molar-refractivity contribution in [3.63, 3.8) is 0 Å². The summed E-state index contributed by atoms with van der Waals surface area (Å²) in [6.45, 7) is 3.87. The molecule has 2 aromatic rings. The maximum Gasteiger partial charge on any atom is 0.245 e. The quantitative estimate of drug-likeness (QED) is 0.421. The number of amides is 2. The van der Waals surface area contributed by atoms with E-state index in [-0.39, 0.29) is 23.0 Å². The molecule has 0 heterocycles. The number of hydrogen-bond donors (Lipinski definition) is 3. The standard InChI is InChI=1S/C23H31N3O5S/c1-4-5-9-14-24-23(28)20(15-18-10-7-6-8-11-18)26-32(29,30)22-16-19(25-17(2)27)12-13-21(22)31-3/h6-8,10-13,16,20,26H,4-5,9,14-15H2,1-3H3,(H,24,28)(H,25,27). The number of carbonyl (C=O) groups is 2. The number of unbranched alkanes of at least 4 members (excludes halogenated alkanes) is 2. The van der Waals surface area contributed by atoms with Crippen LogP contribution in [-0.4, -0.2) is 39.9 Å². The molecular formula is C23H31N3O5S. The molecule has 0 saturated heterocycles. The minimum atomic E-state index is -4.15. The third-order valence-corrected chi connectivity index (χ3v) is 6.24. The van der Waals surface area contributed by atoms with Crippen LogP contribution in [0, 0.1) is 0 Å². The summed E-state index contributed by atoms with van der Waals surface area (Å²) in [4.78, 5) is 24.1. The van der Waals surface area contributed by atoms with E-state index < -0.39 is 22.0 Å². The molecule has 2 rings (SSSR count). The summed E-state index contributed by atoms with van der Waals surface area (Å²) in [5, 5.41) is 5.38. The number of anilines is 1. The lowest BCUT2D eigenvalue weighted by Gasteiger charge is -2.20. The fourth-order valence-electron chi connectivity index (χ4n) is 3.17. The van der Waals surface area contributed by atoms with Crippen molar-refractivity contribution in [1.29, 1.82) is 0 Å². The van der Waals surface area contributed by atoms with Crippen LogP contribution in [0.25, 0.3) is 0 Å². The highest BCUT2D eigenvalue weighted by atomic mass is 32.2. The van der Waals surface area contributed by atoms with Crippen molar-refractivity contribution in [2.45, 2.75) is 50.5 Å². The van der Waals surface area contributed by atoms with Gasteiger partial charge in [-0.2, -0.15) is 4.72 Å². The Bertz CT molecular complexity index is 1010. The molecule has 32 heavy (non-hydrogen) atoms. The molecule has 0 radical (unpaired) electrons. The second-order valence-corrected chi connectivity index (χ2v) is 9.09. The van der Waals surface area contributed by atoms with E-state index in [1.807, 2.05) is 30.3 Å². The summed E-state index contributed by atoms with van der Waals surface area (Å²) in [5.74, 6) is -0.626. The SMILES string of the molecule is CCCCCNC(=O)C(Cc1ccccc1)NS(=O)(=O)c1cc(NC(C)=O)ccc1OC. The fraction of sp³-hybridized carbons (Fsp3) is 0.391. The first-order chi connectivity index (χ1) is 15.3. The number of hydrogen-bond acceptors (Lipinski definition) is 5. The molecule has 0 aliphatic rings. The van der Waals surface area contributed by atoms with Crippen LogP contribution in [0.1, 0.15) is 38.7 Å². The van der Waals surface area contributed by atoms with Gasteiger partial charge >= 0.3 is 0 Å². The summed E-state index contributed by atoms with van der Waals surface area (Å²) in [6.07, 6.45) is 3.00. The number of benzene rings is 2. The van der Waals surface area contributed by atoms with Crippen LogP contribution < -0.4 is 20.1 Å². The second-order valence-electron chi connectivity index (χ2n) is 7.41. The molecule has 0 spiro atoms. The van der Waals surface area contributed by atoms with Crippen LogP contribution in [0.2, 0.25) is 0 Å². The molecule has 9 heteroatoms. The van der Waals surface area contributed by atoms with Crippen molar-refractivity contribution >= 4 is 27.5 Å². The maximum atomic E-state index is 13.2. The third kappa shape index (κ3) is 7.65. The molecule has 1 unspecified atom stereocenters. The largest absolute Gasteiger partial charge is 0.495 e. The first-order valence-corrected chi connectivity index (χ1v) is 12.0. The zero-order chi connectivity index (χ0) is 23.6. The lowest BCUT2D eigenvalue weighted by atomic mass is 10.1. The topological polar surface area (TPSA) is 114 Å². The minimum absolute atomic E-state index is 0.105. The average Bonchev–Trinajstić information content (AvgIpc) is 2.76. The van der Waals surface area contributed by atoms with Crippen molar-refractivity contribution in [3.8, 4) is 5.75 Å². The van der Waals surface area contributed by atoms with Crippen LogP contribution in [-0.2, 0) is 26.0 Å². The molecule has 0 fully saturated rings. The number of ether oxygens (including phenoxy) is 1. The summed E-state index contributed by atoms with van der Waals surface area (Å²) >= 11 is 0. The van der Waals surface area contributed by atoms with Crippen LogP contribution in [0.15, 0.2) is 53.4 Å². The first kappa shape index (κ1) is 25.4. The van der Waals surface area contributed by atoms with Gasteiger partial charge in [0.25, 0.3) is 0 Å². The van der Waals surface area contributed by atoms with Gasteiger partial charge in [0, 0.05) is 19.2 Å². The number of rotatable bonds is 12. The van der Waals surface area contributed by atoms with E-state index >= 15 is 0 Å². The summed E-state index contributed by atoms with van der Waals surface area (Å²) in [6, 6.07) is 12.5. The molecule has 2 aromatic carbocycles. The lowest BCUT2D eigenvalue weighted by Crippen LogP contribution is -2.48. The van der Waals surface area contributed by atoms with E-state index in [1.54, 1.807) is 6.07 Å². The van der Waals surface area contributed by atoms with Crippen molar-refractivity contribution < 1.29 is 22.7 Å². The molecule has 0 aliphatic carbocycles. The lowest BCUT2D eigenvalue weighted by molar-refractivity contribution is -0.122. The number of sulfonamides is 1. The second kappa shape index (κ2) is 12.2. The molecule has 0 aliphatic heterocycles. The van der Waals surface area contributed by atoms with Gasteiger partial charge in [0.15, 0.2) is 0 Å². The van der Waals surface area contributed by atoms with E-state index in [0.717, 1.165) is 24.8 Å². The molecule has 1 atom stereocenters. The zero-order valence-electron chi connectivity index (χ0n) is 18.7. The van der Waals surface area contributed by atoms with Gasteiger partial charge < -0.3 is 15.4 Å². The molecule has 8 nitrogen and oxygen atoms in total. The van der Waals surface area contributed by atoms with Crippen LogP contribution in [0.4, 0.5) is 5.69 Å². The highest BCUT2D eigenvalue weighted by Gasteiger charge is 2.28. The van der Waals surface area contributed by atoms with E-state index in [2.05, 4.69) is 22.3 Å². The molecule has 0 saturated carbocycles. The van der Waals surface area contributed by atoms with Crippen LogP contribution in [0.3, 0.4) is 0 Å². The van der Waals surface area contributed by atoms with E-state index in [9.17, 15) is 18.0 Å².